The molecule has 18 heavy (non-hydrogen) atoms. The van der Waals surface area contributed by atoms with E-state index in [1.165, 1.54) is 0 Å². The summed E-state index contributed by atoms with van der Waals surface area (Å²) in [5, 5.41) is 20.5. The normalized spacial score (nSPS) is 11.9. The third kappa shape index (κ3) is 4.72. The van der Waals surface area contributed by atoms with E-state index in [1.807, 2.05) is 18.0 Å². The first-order valence-electron chi connectivity index (χ1n) is 5.53. The lowest BCUT2D eigenvalue weighted by atomic mass is 10.1. The van der Waals surface area contributed by atoms with E-state index in [2.05, 4.69) is 15.9 Å². The lowest BCUT2D eigenvalue weighted by molar-refractivity contribution is -0.385. The van der Waals surface area contributed by atoms with Crippen molar-refractivity contribution in [3.8, 4) is 0 Å². The van der Waals surface area contributed by atoms with Crippen LogP contribution in [-0.2, 0) is 6.54 Å². The van der Waals surface area contributed by atoms with Crippen molar-refractivity contribution in [2.45, 2.75) is 26.0 Å². The van der Waals surface area contributed by atoms with Crippen LogP contribution in [0.3, 0.4) is 0 Å². The lowest BCUT2D eigenvalue weighted by Gasteiger charge is -2.25. The number of nitro groups is 1. The van der Waals surface area contributed by atoms with Gasteiger partial charge in [-0.2, -0.15) is 0 Å². The second-order valence-corrected chi connectivity index (χ2v) is 5.88. The van der Waals surface area contributed by atoms with Gasteiger partial charge in [0.25, 0.3) is 5.69 Å². The fourth-order valence-corrected chi connectivity index (χ4v) is 2.22. The zero-order valence-electron chi connectivity index (χ0n) is 10.7. The zero-order valence-corrected chi connectivity index (χ0v) is 12.3. The van der Waals surface area contributed by atoms with E-state index < -0.39 is 10.5 Å². The van der Waals surface area contributed by atoms with Crippen molar-refractivity contribution >= 4 is 21.6 Å². The van der Waals surface area contributed by atoms with E-state index in [-0.39, 0.29) is 5.69 Å². The number of hydrogen-bond acceptors (Lipinski definition) is 4. The summed E-state index contributed by atoms with van der Waals surface area (Å²) in [7, 11) is 1.87. The van der Waals surface area contributed by atoms with Crippen molar-refractivity contribution in [3.63, 3.8) is 0 Å². The van der Waals surface area contributed by atoms with Gasteiger partial charge in [-0.05, 0) is 48.5 Å². The molecule has 0 aliphatic rings. The summed E-state index contributed by atoms with van der Waals surface area (Å²) < 4.78 is 0.474. The Kier molecular flexibility index (Phi) is 4.84. The molecule has 0 aliphatic heterocycles. The zero-order chi connectivity index (χ0) is 13.9. The van der Waals surface area contributed by atoms with Crippen molar-refractivity contribution in [2.75, 3.05) is 13.6 Å². The average Bonchev–Trinajstić information content (AvgIpc) is 2.17. The Morgan fingerprint density at radius 2 is 2.11 bits per heavy atom. The number of rotatable bonds is 5. The van der Waals surface area contributed by atoms with Gasteiger partial charge < -0.3 is 5.11 Å². The van der Waals surface area contributed by atoms with Gasteiger partial charge in [-0.15, -0.1) is 0 Å². The molecule has 0 saturated carbocycles. The highest BCUT2D eigenvalue weighted by Crippen LogP contribution is 2.26. The minimum Gasteiger partial charge on any atom is -0.389 e. The molecule has 0 radical (unpaired) electrons. The van der Waals surface area contributed by atoms with E-state index in [1.54, 1.807) is 26.0 Å². The van der Waals surface area contributed by atoms with Crippen LogP contribution in [0.5, 0.6) is 0 Å². The molecule has 100 valence electrons. The molecule has 0 spiro atoms. The number of hydrogen-bond donors (Lipinski definition) is 1. The molecule has 0 atom stereocenters. The van der Waals surface area contributed by atoms with Crippen LogP contribution in [0.2, 0.25) is 0 Å². The van der Waals surface area contributed by atoms with Gasteiger partial charge >= 0.3 is 0 Å². The lowest BCUT2D eigenvalue weighted by Crippen LogP contribution is -2.35. The van der Waals surface area contributed by atoms with E-state index in [4.69, 9.17) is 0 Å². The highest BCUT2D eigenvalue weighted by atomic mass is 79.9. The monoisotopic (exact) mass is 316 g/mol. The molecule has 1 aromatic carbocycles. The van der Waals surface area contributed by atoms with Crippen LogP contribution in [0, 0.1) is 10.1 Å². The minimum absolute atomic E-state index is 0.0594. The average molecular weight is 317 g/mol. The summed E-state index contributed by atoms with van der Waals surface area (Å²) >= 11 is 3.15. The second-order valence-electron chi connectivity index (χ2n) is 5.03. The van der Waals surface area contributed by atoms with E-state index in [0.29, 0.717) is 17.6 Å². The molecule has 5 nitrogen and oxygen atoms in total. The van der Waals surface area contributed by atoms with Crippen LogP contribution in [0.25, 0.3) is 0 Å². The highest BCUT2D eigenvalue weighted by molar-refractivity contribution is 9.10. The van der Waals surface area contributed by atoms with Crippen LogP contribution in [0.1, 0.15) is 19.4 Å². The van der Waals surface area contributed by atoms with Crippen LogP contribution in [0.15, 0.2) is 22.7 Å². The topological polar surface area (TPSA) is 66.6 Å². The van der Waals surface area contributed by atoms with E-state index in [0.717, 1.165) is 5.56 Å². The van der Waals surface area contributed by atoms with E-state index >= 15 is 0 Å². The van der Waals surface area contributed by atoms with Crippen LogP contribution >= 0.6 is 15.9 Å². The van der Waals surface area contributed by atoms with Gasteiger partial charge in [-0.1, -0.05) is 6.07 Å². The predicted molar refractivity (Wildman–Crippen MR) is 73.4 cm³/mol. The van der Waals surface area contributed by atoms with Gasteiger partial charge in [0.2, 0.25) is 0 Å². The van der Waals surface area contributed by atoms with Gasteiger partial charge in [-0.3, -0.25) is 15.0 Å². The Morgan fingerprint density at radius 1 is 1.50 bits per heavy atom. The number of nitrogens with zero attached hydrogens (tertiary/aromatic N) is 2. The van der Waals surface area contributed by atoms with Crippen LogP contribution in [-0.4, -0.2) is 34.1 Å². The number of likely N-dealkylation sites (N-methyl/N-ethyl adjacent to an activating group) is 1. The molecule has 1 aromatic rings. The van der Waals surface area contributed by atoms with Crippen molar-refractivity contribution < 1.29 is 10.0 Å². The molecule has 6 heteroatoms. The molecule has 0 unspecified atom stereocenters. The Balaban J connectivity index is 2.80. The van der Waals surface area contributed by atoms with Gasteiger partial charge in [0, 0.05) is 19.2 Å². The first kappa shape index (κ1) is 15.1. The number of benzene rings is 1. The van der Waals surface area contributed by atoms with Crippen molar-refractivity contribution in [1.82, 2.24) is 4.90 Å². The third-order valence-corrected chi connectivity index (χ3v) is 2.99. The molecule has 0 amide bonds. The summed E-state index contributed by atoms with van der Waals surface area (Å²) in [4.78, 5) is 12.3. The number of nitro benzene ring substituents is 1. The molecule has 1 rings (SSSR count). The van der Waals surface area contributed by atoms with Crippen LogP contribution < -0.4 is 0 Å². The Morgan fingerprint density at radius 3 is 2.61 bits per heavy atom. The second kappa shape index (κ2) is 5.77. The van der Waals surface area contributed by atoms with Crippen molar-refractivity contribution in [3.05, 3.63) is 38.3 Å². The van der Waals surface area contributed by atoms with Gasteiger partial charge in [0.1, 0.15) is 0 Å². The Bertz CT molecular complexity index is 443. The van der Waals surface area contributed by atoms with E-state index in [9.17, 15) is 15.2 Å². The smallest absolute Gasteiger partial charge is 0.283 e. The van der Waals surface area contributed by atoms with Crippen molar-refractivity contribution in [1.29, 1.82) is 0 Å². The Labute approximate surface area is 115 Å². The number of aliphatic hydroxyl groups is 1. The maximum atomic E-state index is 10.8. The maximum absolute atomic E-state index is 10.8. The maximum Gasteiger partial charge on any atom is 0.283 e. The molecule has 0 fully saturated rings. The SMILES string of the molecule is CN(Cc1ccc(Br)c([N+](=O)[O-])c1)CC(C)(C)O. The summed E-state index contributed by atoms with van der Waals surface area (Å²) in [5.74, 6) is 0. The molecule has 0 heterocycles. The molecule has 0 aromatic heterocycles. The highest BCUT2D eigenvalue weighted by Gasteiger charge is 2.17. The first-order chi connectivity index (χ1) is 8.19. The number of halogens is 1. The predicted octanol–water partition coefficient (Wildman–Crippen LogP) is 2.56. The fraction of sp³-hybridized carbons (Fsp3) is 0.500. The molecule has 0 saturated heterocycles. The molecular formula is C12H17BrN2O3. The van der Waals surface area contributed by atoms with Gasteiger partial charge in [-0.25, -0.2) is 0 Å². The first-order valence-corrected chi connectivity index (χ1v) is 6.32. The quantitative estimate of drug-likeness (QED) is 0.669. The third-order valence-electron chi connectivity index (χ3n) is 2.32. The molecular weight excluding hydrogens is 300 g/mol. The molecule has 1 N–H and O–H groups in total. The Hall–Kier alpha value is -0.980. The summed E-state index contributed by atoms with van der Waals surface area (Å²) in [6, 6.07) is 5.05. The standard InChI is InChI=1S/C12H17BrN2O3/c1-12(2,16)8-14(3)7-9-4-5-10(13)11(6-9)15(17)18/h4-6,16H,7-8H2,1-3H3. The van der Waals surface area contributed by atoms with Crippen molar-refractivity contribution in [2.24, 2.45) is 0 Å². The van der Waals surface area contributed by atoms with Gasteiger partial charge in [0.05, 0.1) is 15.0 Å². The van der Waals surface area contributed by atoms with Crippen LogP contribution in [0.4, 0.5) is 5.69 Å². The molecule has 0 bridgehead atoms. The minimum atomic E-state index is -0.782. The summed E-state index contributed by atoms with van der Waals surface area (Å²) in [6.07, 6.45) is 0. The van der Waals surface area contributed by atoms with Gasteiger partial charge in [0.15, 0.2) is 0 Å². The summed E-state index contributed by atoms with van der Waals surface area (Å²) in [6.45, 7) is 4.51. The fourth-order valence-electron chi connectivity index (χ4n) is 1.82. The summed E-state index contributed by atoms with van der Waals surface area (Å²) in [5.41, 5.74) is 0.122. The largest absolute Gasteiger partial charge is 0.389 e. The molecule has 0 aliphatic carbocycles.